The molecule has 0 aromatic heterocycles. The lowest BCUT2D eigenvalue weighted by atomic mass is 9.98. The van der Waals surface area contributed by atoms with E-state index in [0.29, 0.717) is 29.9 Å². The standard InChI is InChI=1S/C23H29NO5/c1-6-10-24-14-20(23(27)28)22(26)12-17(7-2)15(3)11-16(4)19-13-18(29-5)8-9-21(19)25/h8-9,11-14,25-26H,4,6-7,10H2,1-3,5H3,(H,27,28)/b15-11+,17-12+,22-20-,24-14?. The summed E-state index contributed by atoms with van der Waals surface area (Å²) in [5.41, 5.74) is 2.33. The molecular weight excluding hydrogens is 370 g/mol. The fraction of sp³-hybridized carbons (Fsp3) is 0.304. The Morgan fingerprint density at radius 3 is 2.48 bits per heavy atom. The van der Waals surface area contributed by atoms with Gasteiger partial charge in [0, 0.05) is 18.3 Å². The summed E-state index contributed by atoms with van der Waals surface area (Å²) in [5, 5.41) is 29.8. The fourth-order valence-electron chi connectivity index (χ4n) is 2.58. The van der Waals surface area contributed by atoms with Crippen LogP contribution < -0.4 is 4.74 Å². The van der Waals surface area contributed by atoms with Crippen molar-refractivity contribution in [3.8, 4) is 11.5 Å². The highest BCUT2D eigenvalue weighted by molar-refractivity contribution is 6.09. The number of benzene rings is 1. The maximum atomic E-state index is 11.4. The molecule has 0 aliphatic heterocycles. The molecule has 0 radical (unpaired) electrons. The van der Waals surface area contributed by atoms with E-state index in [1.165, 1.54) is 25.5 Å². The van der Waals surface area contributed by atoms with Crippen molar-refractivity contribution in [2.45, 2.75) is 33.6 Å². The number of carbonyl (C=O) groups is 1. The van der Waals surface area contributed by atoms with E-state index in [1.54, 1.807) is 18.2 Å². The number of aliphatic hydroxyl groups excluding tert-OH is 1. The van der Waals surface area contributed by atoms with E-state index >= 15 is 0 Å². The SMILES string of the molecule is C=C(/C=C(C)/C(=C/C(O)=C(\C=NCCC)C(=O)O)CC)c1cc(OC)ccc1O. The van der Waals surface area contributed by atoms with Gasteiger partial charge in [-0.2, -0.15) is 0 Å². The monoisotopic (exact) mass is 399 g/mol. The summed E-state index contributed by atoms with van der Waals surface area (Å²) in [6.45, 7) is 10.1. The zero-order chi connectivity index (χ0) is 22.0. The number of allylic oxidation sites excluding steroid dienone is 5. The lowest BCUT2D eigenvalue weighted by molar-refractivity contribution is -0.132. The Bertz CT molecular complexity index is 875. The van der Waals surface area contributed by atoms with Crippen LogP contribution in [0.4, 0.5) is 0 Å². The third kappa shape index (κ3) is 6.99. The largest absolute Gasteiger partial charge is 0.507 e. The van der Waals surface area contributed by atoms with Gasteiger partial charge in [0.25, 0.3) is 0 Å². The number of hydrogen-bond donors (Lipinski definition) is 3. The summed E-state index contributed by atoms with van der Waals surface area (Å²) < 4.78 is 5.18. The van der Waals surface area contributed by atoms with Crippen LogP contribution in [0.5, 0.6) is 11.5 Å². The number of aliphatic hydroxyl groups is 1. The molecule has 3 N–H and O–H groups in total. The molecule has 0 bridgehead atoms. The molecule has 0 spiro atoms. The predicted octanol–water partition coefficient (Wildman–Crippen LogP) is 5.07. The third-order valence-electron chi connectivity index (χ3n) is 4.22. The predicted molar refractivity (Wildman–Crippen MR) is 117 cm³/mol. The lowest BCUT2D eigenvalue weighted by Crippen LogP contribution is -2.06. The average Bonchev–Trinajstić information content (AvgIpc) is 2.69. The van der Waals surface area contributed by atoms with Crippen molar-refractivity contribution >= 4 is 17.8 Å². The number of hydrogen-bond acceptors (Lipinski definition) is 5. The van der Waals surface area contributed by atoms with E-state index in [2.05, 4.69) is 11.6 Å². The molecule has 29 heavy (non-hydrogen) atoms. The van der Waals surface area contributed by atoms with E-state index in [4.69, 9.17) is 4.74 Å². The molecule has 0 amide bonds. The summed E-state index contributed by atoms with van der Waals surface area (Å²) in [7, 11) is 1.54. The Morgan fingerprint density at radius 1 is 1.24 bits per heavy atom. The summed E-state index contributed by atoms with van der Waals surface area (Å²) in [4.78, 5) is 15.4. The molecule has 1 aromatic rings. The van der Waals surface area contributed by atoms with Gasteiger partial charge in [0.05, 0.1) is 7.11 Å². The van der Waals surface area contributed by atoms with Crippen LogP contribution in [0.1, 0.15) is 39.2 Å². The first-order valence-electron chi connectivity index (χ1n) is 9.36. The number of aliphatic imine (C=N–C) groups is 1. The van der Waals surface area contributed by atoms with Gasteiger partial charge in [-0.15, -0.1) is 0 Å². The van der Waals surface area contributed by atoms with Gasteiger partial charge in [0.1, 0.15) is 22.8 Å². The number of phenolic OH excluding ortho intramolecular Hbond substituents is 1. The van der Waals surface area contributed by atoms with Crippen molar-refractivity contribution in [1.82, 2.24) is 0 Å². The maximum Gasteiger partial charge on any atom is 0.341 e. The molecule has 0 aliphatic rings. The van der Waals surface area contributed by atoms with Gasteiger partial charge in [0.2, 0.25) is 0 Å². The molecule has 0 fully saturated rings. The first kappa shape index (κ1) is 23.8. The van der Waals surface area contributed by atoms with E-state index in [-0.39, 0.29) is 17.1 Å². The van der Waals surface area contributed by atoms with Crippen LogP contribution in [0.15, 0.2) is 64.4 Å². The maximum absolute atomic E-state index is 11.4. The molecule has 1 aromatic carbocycles. The van der Waals surface area contributed by atoms with E-state index in [9.17, 15) is 20.1 Å². The summed E-state index contributed by atoms with van der Waals surface area (Å²) in [6, 6.07) is 4.86. The molecule has 0 aliphatic carbocycles. The summed E-state index contributed by atoms with van der Waals surface area (Å²) in [5.74, 6) is -0.947. The van der Waals surface area contributed by atoms with Gasteiger partial charge in [-0.3, -0.25) is 4.99 Å². The number of carboxylic acid groups (broad SMARTS) is 1. The molecule has 0 atom stereocenters. The van der Waals surface area contributed by atoms with Crippen molar-refractivity contribution in [2.24, 2.45) is 4.99 Å². The molecule has 156 valence electrons. The zero-order valence-electron chi connectivity index (χ0n) is 17.4. The van der Waals surface area contributed by atoms with Gasteiger partial charge < -0.3 is 20.1 Å². The second-order valence-corrected chi connectivity index (χ2v) is 6.40. The summed E-state index contributed by atoms with van der Waals surface area (Å²) in [6.07, 6.45) is 5.70. The van der Waals surface area contributed by atoms with Crippen molar-refractivity contribution in [2.75, 3.05) is 13.7 Å². The smallest absolute Gasteiger partial charge is 0.341 e. The number of methoxy groups -OCH3 is 1. The first-order valence-corrected chi connectivity index (χ1v) is 9.36. The number of aliphatic carboxylic acids is 1. The minimum atomic E-state index is -1.25. The third-order valence-corrected chi connectivity index (χ3v) is 4.22. The number of nitrogens with zero attached hydrogens (tertiary/aromatic N) is 1. The first-order chi connectivity index (χ1) is 13.7. The number of carboxylic acids is 1. The van der Waals surface area contributed by atoms with Crippen molar-refractivity contribution in [3.63, 3.8) is 0 Å². The van der Waals surface area contributed by atoms with E-state index in [0.717, 1.165) is 17.6 Å². The normalized spacial score (nSPS) is 13.4. The van der Waals surface area contributed by atoms with Crippen LogP contribution in [0.3, 0.4) is 0 Å². The molecule has 0 saturated carbocycles. The molecule has 6 heteroatoms. The van der Waals surface area contributed by atoms with Crippen LogP contribution in [-0.2, 0) is 4.79 Å². The number of aromatic hydroxyl groups is 1. The van der Waals surface area contributed by atoms with Gasteiger partial charge in [-0.1, -0.05) is 26.5 Å². The highest BCUT2D eigenvalue weighted by Crippen LogP contribution is 2.30. The molecule has 6 nitrogen and oxygen atoms in total. The van der Waals surface area contributed by atoms with E-state index < -0.39 is 5.97 Å². The summed E-state index contributed by atoms with van der Waals surface area (Å²) >= 11 is 0. The number of phenols is 1. The quantitative estimate of drug-likeness (QED) is 0.221. The topological polar surface area (TPSA) is 99.4 Å². The zero-order valence-corrected chi connectivity index (χ0v) is 17.4. The Kier molecular flexibility index (Phi) is 9.45. The minimum absolute atomic E-state index is 0.0740. The van der Waals surface area contributed by atoms with Crippen LogP contribution in [-0.4, -0.2) is 41.2 Å². The van der Waals surface area contributed by atoms with Crippen LogP contribution in [0, 0.1) is 0 Å². The highest BCUT2D eigenvalue weighted by atomic mass is 16.5. The fourth-order valence-corrected chi connectivity index (χ4v) is 2.58. The minimum Gasteiger partial charge on any atom is -0.507 e. The Hall–Kier alpha value is -3.28. The highest BCUT2D eigenvalue weighted by Gasteiger charge is 2.12. The second kappa shape index (κ2) is 11.5. The Morgan fingerprint density at radius 2 is 1.93 bits per heavy atom. The molecular formula is C23H29NO5. The average molecular weight is 399 g/mol. The lowest BCUT2D eigenvalue weighted by Gasteiger charge is -2.10. The number of ether oxygens (including phenoxy) is 1. The van der Waals surface area contributed by atoms with Crippen molar-refractivity contribution < 1.29 is 24.9 Å². The van der Waals surface area contributed by atoms with E-state index in [1.807, 2.05) is 20.8 Å². The van der Waals surface area contributed by atoms with Crippen LogP contribution >= 0.6 is 0 Å². The van der Waals surface area contributed by atoms with Gasteiger partial charge in [-0.25, -0.2) is 4.79 Å². The molecule has 0 saturated heterocycles. The van der Waals surface area contributed by atoms with Crippen molar-refractivity contribution in [1.29, 1.82) is 0 Å². The van der Waals surface area contributed by atoms with Gasteiger partial charge in [-0.05, 0) is 60.8 Å². The van der Waals surface area contributed by atoms with Crippen molar-refractivity contribution in [3.05, 3.63) is 65.0 Å². The Balaban J connectivity index is 3.28. The van der Waals surface area contributed by atoms with Crippen LogP contribution in [0.2, 0.25) is 0 Å². The molecule has 1 rings (SSSR count). The van der Waals surface area contributed by atoms with Gasteiger partial charge >= 0.3 is 5.97 Å². The van der Waals surface area contributed by atoms with Gasteiger partial charge in [0.15, 0.2) is 0 Å². The Labute approximate surface area is 171 Å². The molecule has 0 heterocycles. The second-order valence-electron chi connectivity index (χ2n) is 6.40. The van der Waals surface area contributed by atoms with Crippen LogP contribution in [0.25, 0.3) is 5.57 Å². The number of rotatable bonds is 10. The molecule has 0 unspecified atom stereocenters.